The Morgan fingerprint density at radius 3 is 2.60 bits per heavy atom. The summed E-state index contributed by atoms with van der Waals surface area (Å²) in [6.45, 7) is 1.58. The van der Waals surface area contributed by atoms with Crippen LogP contribution in [0.2, 0.25) is 0 Å². The molecule has 1 aliphatic carbocycles. The first-order valence-electron chi connectivity index (χ1n) is 6.99. The van der Waals surface area contributed by atoms with Crippen LogP contribution in [-0.2, 0) is 16.1 Å². The van der Waals surface area contributed by atoms with Crippen LogP contribution in [0.4, 0.5) is 4.79 Å². The Morgan fingerprint density at radius 1 is 1.20 bits per heavy atom. The zero-order valence-electron chi connectivity index (χ0n) is 11.3. The molecule has 1 saturated carbocycles. The van der Waals surface area contributed by atoms with Crippen molar-refractivity contribution in [1.29, 1.82) is 0 Å². The van der Waals surface area contributed by atoms with E-state index in [1.807, 2.05) is 35.2 Å². The van der Waals surface area contributed by atoms with Crippen LogP contribution in [0.25, 0.3) is 0 Å². The average Bonchev–Trinajstić information content (AvgIpc) is 3.30. The van der Waals surface area contributed by atoms with E-state index < -0.39 is 6.09 Å². The van der Waals surface area contributed by atoms with Crippen LogP contribution in [0.5, 0.6) is 0 Å². The maximum Gasteiger partial charge on any atom is 0.410 e. The van der Waals surface area contributed by atoms with Crippen molar-refractivity contribution >= 4 is 12.0 Å². The molecular weight excluding hydrogens is 256 g/mol. The Labute approximate surface area is 118 Å². The Morgan fingerprint density at radius 2 is 1.95 bits per heavy atom. The van der Waals surface area contributed by atoms with E-state index in [0.29, 0.717) is 19.1 Å². The van der Waals surface area contributed by atoms with Gasteiger partial charge in [0.05, 0.1) is 0 Å². The lowest BCUT2D eigenvalue weighted by atomic mass is 10.2. The number of carbonyl (C=O) groups is 2. The van der Waals surface area contributed by atoms with E-state index >= 15 is 0 Å². The van der Waals surface area contributed by atoms with Gasteiger partial charge in [-0.15, -0.1) is 0 Å². The fourth-order valence-electron chi connectivity index (χ4n) is 2.43. The minimum Gasteiger partial charge on any atom is -0.445 e. The predicted octanol–water partition coefficient (Wildman–Crippen LogP) is 1.63. The number of rotatable bonds is 3. The van der Waals surface area contributed by atoms with Gasteiger partial charge in [0.1, 0.15) is 13.2 Å². The molecule has 106 valence electrons. The third-order valence-electron chi connectivity index (χ3n) is 3.71. The van der Waals surface area contributed by atoms with Crippen LogP contribution >= 0.6 is 0 Å². The van der Waals surface area contributed by atoms with Gasteiger partial charge in [0.2, 0.25) is 5.91 Å². The number of benzene rings is 1. The Hall–Kier alpha value is -2.04. The van der Waals surface area contributed by atoms with Gasteiger partial charge in [-0.3, -0.25) is 9.69 Å². The van der Waals surface area contributed by atoms with Gasteiger partial charge in [-0.2, -0.15) is 0 Å². The summed E-state index contributed by atoms with van der Waals surface area (Å²) in [5.74, 6) is 0.0374. The van der Waals surface area contributed by atoms with Gasteiger partial charge in [-0.1, -0.05) is 30.3 Å². The van der Waals surface area contributed by atoms with Crippen molar-refractivity contribution in [2.75, 3.05) is 19.6 Å². The molecule has 5 nitrogen and oxygen atoms in total. The number of piperazine rings is 1. The lowest BCUT2D eigenvalue weighted by Gasteiger charge is -2.33. The van der Waals surface area contributed by atoms with Gasteiger partial charge in [0, 0.05) is 19.1 Å². The monoisotopic (exact) mass is 274 g/mol. The highest BCUT2D eigenvalue weighted by Gasteiger charge is 2.37. The van der Waals surface area contributed by atoms with E-state index in [2.05, 4.69) is 0 Å². The standard InChI is InChI=1S/C15H18N2O3/c18-14-10-16(8-9-17(14)13-6-7-13)15(19)20-11-12-4-2-1-3-5-12/h1-5,13H,6-11H2. The van der Waals surface area contributed by atoms with E-state index in [1.165, 1.54) is 4.90 Å². The van der Waals surface area contributed by atoms with Crippen LogP contribution in [0, 0.1) is 0 Å². The largest absolute Gasteiger partial charge is 0.445 e. The Kier molecular flexibility index (Phi) is 3.58. The topological polar surface area (TPSA) is 49.9 Å². The molecular formula is C15H18N2O3. The highest BCUT2D eigenvalue weighted by molar-refractivity contribution is 5.84. The first kappa shape index (κ1) is 13.0. The summed E-state index contributed by atoms with van der Waals surface area (Å²) in [5, 5.41) is 0. The van der Waals surface area contributed by atoms with Crippen molar-refractivity contribution in [2.24, 2.45) is 0 Å². The summed E-state index contributed by atoms with van der Waals surface area (Å²) in [6.07, 6.45) is 1.80. The van der Waals surface area contributed by atoms with Crippen LogP contribution in [0.1, 0.15) is 18.4 Å². The predicted molar refractivity (Wildman–Crippen MR) is 72.9 cm³/mol. The van der Waals surface area contributed by atoms with Gasteiger partial charge < -0.3 is 9.64 Å². The molecule has 0 N–H and O–H groups in total. The summed E-state index contributed by atoms with van der Waals surface area (Å²) in [5.41, 5.74) is 0.948. The number of ether oxygens (including phenoxy) is 1. The molecule has 1 heterocycles. The molecule has 2 aliphatic rings. The number of hydrogen-bond donors (Lipinski definition) is 0. The molecule has 0 bridgehead atoms. The van der Waals surface area contributed by atoms with Crippen molar-refractivity contribution in [3.05, 3.63) is 35.9 Å². The maximum absolute atomic E-state index is 11.9. The molecule has 3 rings (SSSR count). The third kappa shape index (κ3) is 2.92. The van der Waals surface area contributed by atoms with Crippen LogP contribution in [-0.4, -0.2) is 47.5 Å². The van der Waals surface area contributed by atoms with Crippen LogP contribution in [0.3, 0.4) is 0 Å². The van der Waals surface area contributed by atoms with Crippen molar-refractivity contribution in [3.8, 4) is 0 Å². The van der Waals surface area contributed by atoms with E-state index in [-0.39, 0.29) is 19.1 Å². The van der Waals surface area contributed by atoms with Crippen molar-refractivity contribution < 1.29 is 14.3 Å². The zero-order chi connectivity index (χ0) is 13.9. The van der Waals surface area contributed by atoms with Gasteiger partial charge in [0.25, 0.3) is 0 Å². The van der Waals surface area contributed by atoms with Crippen LogP contribution < -0.4 is 0 Å². The minimum atomic E-state index is -0.405. The first-order chi connectivity index (χ1) is 9.74. The lowest BCUT2D eigenvalue weighted by molar-refractivity contribution is -0.136. The Bertz CT molecular complexity index is 499. The summed E-state index contributed by atoms with van der Waals surface area (Å²) < 4.78 is 5.24. The second kappa shape index (κ2) is 5.53. The van der Waals surface area contributed by atoms with Crippen molar-refractivity contribution in [2.45, 2.75) is 25.5 Å². The normalized spacial score (nSPS) is 19.1. The molecule has 5 heteroatoms. The van der Waals surface area contributed by atoms with E-state index in [4.69, 9.17) is 4.74 Å². The van der Waals surface area contributed by atoms with Gasteiger partial charge in [-0.05, 0) is 18.4 Å². The highest BCUT2D eigenvalue weighted by atomic mass is 16.6. The lowest BCUT2D eigenvalue weighted by Crippen LogP contribution is -2.53. The van der Waals surface area contributed by atoms with Crippen molar-refractivity contribution in [1.82, 2.24) is 9.80 Å². The molecule has 1 aromatic carbocycles. The van der Waals surface area contributed by atoms with Crippen LogP contribution in [0.15, 0.2) is 30.3 Å². The molecule has 1 saturated heterocycles. The minimum absolute atomic E-state index is 0.0374. The first-order valence-corrected chi connectivity index (χ1v) is 6.99. The average molecular weight is 274 g/mol. The third-order valence-corrected chi connectivity index (χ3v) is 3.71. The number of nitrogens with zero attached hydrogens (tertiary/aromatic N) is 2. The molecule has 0 radical (unpaired) electrons. The van der Waals surface area contributed by atoms with Crippen molar-refractivity contribution in [3.63, 3.8) is 0 Å². The molecule has 2 fully saturated rings. The molecule has 0 unspecified atom stereocenters. The fraction of sp³-hybridized carbons (Fsp3) is 0.467. The maximum atomic E-state index is 11.9. The summed E-state index contributed by atoms with van der Waals surface area (Å²) in [6, 6.07) is 9.96. The molecule has 0 aromatic heterocycles. The van der Waals surface area contributed by atoms with E-state index in [0.717, 1.165) is 18.4 Å². The highest BCUT2D eigenvalue weighted by Crippen LogP contribution is 2.28. The molecule has 20 heavy (non-hydrogen) atoms. The molecule has 2 amide bonds. The Balaban J connectivity index is 1.49. The van der Waals surface area contributed by atoms with Gasteiger partial charge in [0.15, 0.2) is 0 Å². The molecule has 0 spiro atoms. The van der Waals surface area contributed by atoms with Gasteiger partial charge in [-0.25, -0.2) is 4.79 Å². The molecule has 0 atom stereocenters. The fourth-order valence-corrected chi connectivity index (χ4v) is 2.43. The summed E-state index contributed by atoms with van der Waals surface area (Å²) in [4.78, 5) is 27.3. The summed E-state index contributed by atoms with van der Waals surface area (Å²) in [7, 11) is 0. The van der Waals surface area contributed by atoms with Gasteiger partial charge >= 0.3 is 6.09 Å². The quantitative estimate of drug-likeness (QED) is 0.841. The molecule has 1 aromatic rings. The van der Waals surface area contributed by atoms with E-state index in [1.54, 1.807) is 0 Å². The zero-order valence-corrected chi connectivity index (χ0v) is 11.3. The number of hydrogen-bond acceptors (Lipinski definition) is 3. The second-order valence-corrected chi connectivity index (χ2v) is 5.28. The smallest absolute Gasteiger partial charge is 0.410 e. The SMILES string of the molecule is O=C(OCc1ccccc1)N1CCN(C2CC2)C(=O)C1. The molecule has 1 aliphatic heterocycles. The second-order valence-electron chi connectivity index (χ2n) is 5.28. The number of amides is 2. The summed E-state index contributed by atoms with van der Waals surface area (Å²) >= 11 is 0. The van der Waals surface area contributed by atoms with E-state index in [9.17, 15) is 9.59 Å². The number of carbonyl (C=O) groups excluding carboxylic acids is 2.